The summed E-state index contributed by atoms with van der Waals surface area (Å²) in [6.45, 7) is 16.7. The Kier molecular flexibility index (Phi) is 16.1. The number of likely N-dealkylation sites (N-methyl/N-ethyl adjacent to an activating group) is 1. The molecular weight excluding hydrogens is 664 g/mol. The van der Waals surface area contributed by atoms with Crippen LogP contribution in [0.5, 0.6) is 0 Å². The molecule has 2 saturated heterocycles. The highest BCUT2D eigenvalue weighted by Crippen LogP contribution is 2.38. The smallest absolute Gasteiger partial charge is 0.316 e. The Morgan fingerprint density at radius 1 is 0.980 bits per heavy atom. The summed E-state index contributed by atoms with van der Waals surface area (Å²) in [5.41, 5.74) is -3.50. The maximum atomic E-state index is 14.1. The number of ketones is 2. The quantitative estimate of drug-likeness (QED) is 0.261. The van der Waals surface area contributed by atoms with Crippen LogP contribution in [0.25, 0.3) is 0 Å². The highest BCUT2D eigenvalue weighted by Gasteiger charge is 2.52. The van der Waals surface area contributed by atoms with E-state index in [0.29, 0.717) is 6.42 Å². The van der Waals surface area contributed by atoms with E-state index in [0.717, 1.165) is 0 Å². The Morgan fingerprint density at radius 3 is 2.10 bits per heavy atom. The number of aliphatic imine (C=N–C) groups is 1. The van der Waals surface area contributed by atoms with Crippen LogP contribution in [0.15, 0.2) is 4.99 Å². The van der Waals surface area contributed by atoms with Gasteiger partial charge >= 0.3 is 11.9 Å². The van der Waals surface area contributed by atoms with Crippen LogP contribution in [-0.2, 0) is 47.7 Å². The van der Waals surface area contributed by atoms with E-state index >= 15 is 0 Å². The molecule has 14 nitrogen and oxygen atoms in total. The molecule has 51 heavy (non-hydrogen) atoms. The molecule has 2 aliphatic heterocycles. The SMILES string of the molecule is CCC(=O)CO[C@@H]1[C@@H](C)/C(=N/C(C)=O)[C@H](C)C[C@@](C)(O)[C@H](O[C@@H]2O[C@H](C)C[C@H](N(C)C)[C@H]2OC(C)=O)[C@@H](C)C(=O)[C@@H](C)C(=O)O[C@H](CC)[C@@]1(C)O. The highest BCUT2D eigenvalue weighted by molar-refractivity contribution is 6.00. The number of rotatable bonds is 9. The van der Waals surface area contributed by atoms with Crippen molar-refractivity contribution in [2.24, 2.45) is 28.7 Å². The standard InChI is InChI=1S/C37H62N2O12/c1-14-26(42)18-47-33-21(5)29(38-24(8)40)19(3)17-36(10,45)32(22(6)30(43)23(7)34(44)50-28(15-2)37(33,11)46)51-35-31(49-25(9)41)27(39(12)13)16-20(4)48-35/h19-23,27-28,31-33,35,45-46H,14-18H2,1-13H3/b38-29+/t19-,20-,21+,22+,23-,27+,28-,31-,32-,33-,35+,36-,37-/m1/s1. The second kappa shape index (κ2) is 18.4. The van der Waals surface area contributed by atoms with Gasteiger partial charge in [-0.2, -0.15) is 0 Å². The number of carbonyl (C=O) groups excluding carboxylic acids is 5. The molecular formula is C37H62N2O12. The summed E-state index contributed by atoms with van der Waals surface area (Å²) in [4.78, 5) is 71.2. The second-order valence-electron chi connectivity index (χ2n) is 15.1. The van der Waals surface area contributed by atoms with Crippen LogP contribution in [0.4, 0.5) is 0 Å². The van der Waals surface area contributed by atoms with E-state index in [4.69, 9.17) is 23.7 Å². The molecule has 14 heteroatoms. The molecule has 0 bridgehead atoms. The second-order valence-corrected chi connectivity index (χ2v) is 15.1. The fourth-order valence-corrected chi connectivity index (χ4v) is 7.55. The van der Waals surface area contributed by atoms with E-state index in [1.807, 2.05) is 25.9 Å². The van der Waals surface area contributed by atoms with Crippen molar-refractivity contribution in [3.63, 3.8) is 0 Å². The molecule has 292 valence electrons. The van der Waals surface area contributed by atoms with Crippen molar-refractivity contribution in [1.29, 1.82) is 0 Å². The van der Waals surface area contributed by atoms with Gasteiger partial charge in [-0.3, -0.25) is 24.0 Å². The lowest BCUT2D eigenvalue weighted by Gasteiger charge is -2.47. The molecule has 0 saturated carbocycles. The van der Waals surface area contributed by atoms with Crippen LogP contribution in [0, 0.1) is 23.7 Å². The zero-order valence-corrected chi connectivity index (χ0v) is 32.8. The van der Waals surface area contributed by atoms with Crippen molar-refractivity contribution < 1.29 is 57.9 Å². The zero-order valence-electron chi connectivity index (χ0n) is 32.8. The fourth-order valence-electron chi connectivity index (χ4n) is 7.55. The minimum Gasteiger partial charge on any atom is -0.459 e. The molecule has 0 aromatic heterocycles. The van der Waals surface area contributed by atoms with Gasteiger partial charge in [-0.1, -0.05) is 34.6 Å². The van der Waals surface area contributed by atoms with Gasteiger partial charge in [0.25, 0.3) is 0 Å². The Balaban J connectivity index is 2.80. The van der Waals surface area contributed by atoms with Gasteiger partial charge in [0.15, 0.2) is 24.0 Å². The average molecular weight is 727 g/mol. The monoisotopic (exact) mass is 726 g/mol. The summed E-state index contributed by atoms with van der Waals surface area (Å²) < 4.78 is 30.3. The summed E-state index contributed by atoms with van der Waals surface area (Å²) in [5.74, 6) is -6.84. The summed E-state index contributed by atoms with van der Waals surface area (Å²) in [5, 5.41) is 24.4. The highest BCUT2D eigenvalue weighted by atomic mass is 16.7. The summed E-state index contributed by atoms with van der Waals surface area (Å²) in [7, 11) is 3.67. The molecule has 13 atom stereocenters. The number of aliphatic hydroxyl groups is 2. The molecule has 2 rings (SSSR count). The number of cyclic esters (lactones) is 1. The van der Waals surface area contributed by atoms with Crippen molar-refractivity contribution in [3.05, 3.63) is 0 Å². The number of nitrogens with zero attached hydrogens (tertiary/aromatic N) is 2. The molecule has 2 fully saturated rings. The summed E-state index contributed by atoms with van der Waals surface area (Å²) >= 11 is 0. The lowest BCUT2D eigenvalue weighted by molar-refractivity contribution is -0.295. The third-order valence-electron chi connectivity index (χ3n) is 10.2. The predicted octanol–water partition coefficient (Wildman–Crippen LogP) is 3.06. The van der Waals surface area contributed by atoms with Gasteiger partial charge in [0.05, 0.1) is 30.0 Å². The van der Waals surface area contributed by atoms with Crippen molar-refractivity contribution in [2.75, 3.05) is 20.7 Å². The molecule has 0 spiro atoms. The van der Waals surface area contributed by atoms with Crippen molar-refractivity contribution in [3.8, 4) is 0 Å². The lowest BCUT2D eigenvalue weighted by atomic mass is 9.74. The Hall–Kier alpha value is -2.62. The third kappa shape index (κ3) is 11.2. The van der Waals surface area contributed by atoms with Gasteiger partial charge in [-0.25, -0.2) is 4.99 Å². The van der Waals surface area contributed by atoms with Crippen LogP contribution >= 0.6 is 0 Å². The molecule has 2 aliphatic rings. The van der Waals surface area contributed by atoms with Gasteiger partial charge in [-0.05, 0) is 67.0 Å². The first kappa shape index (κ1) is 44.5. The van der Waals surface area contributed by atoms with E-state index in [1.54, 1.807) is 27.7 Å². The average Bonchev–Trinajstić information content (AvgIpc) is 3.02. The lowest BCUT2D eigenvalue weighted by Crippen LogP contribution is -2.60. The van der Waals surface area contributed by atoms with Gasteiger partial charge in [-0.15, -0.1) is 0 Å². The van der Waals surface area contributed by atoms with E-state index < -0.39 is 89.2 Å². The zero-order chi connectivity index (χ0) is 39.2. The van der Waals surface area contributed by atoms with E-state index in [-0.39, 0.29) is 49.5 Å². The number of esters is 2. The largest absolute Gasteiger partial charge is 0.459 e. The van der Waals surface area contributed by atoms with Crippen LogP contribution in [0.1, 0.15) is 102 Å². The minimum atomic E-state index is -1.91. The molecule has 0 aliphatic carbocycles. The first-order chi connectivity index (χ1) is 23.5. The van der Waals surface area contributed by atoms with E-state index in [9.17, 15) is 34.2 Å². The molecule has 0 aromatic carbocycles. The number of hydrogen-bond donors (Lipinski definition) is 2. The van der Waals surface area contributed by atoms with Crippen molar-refractivity contribution in [1.82, 2.24) is 4.90 Å². The molecule has 0 unspecified atom stereocenters. The molecule has 2 heterocycles. The van der Waals surface area contributed by atoms with Gasteiger partial charge < -0.3 is 38.8 Å². The molecule has 0 aromatic rings. The van der Waals surface area contributed by atoms with E-state index in [2.05, 4.69) is 4.99 Å². The number of ether oxygens (including phenoxy) is 5. The summed E-state index contributed by atoms with van der Waals surface area (Å²) in [6, 6.07) is -0.324. The van der Waals surface area contributed by atoms with Crippen LogP contribution in [0.2, 0.25) is 0 Å². The number of Topliss-reactive ketones (excluding diaryl/α,β-unsaturated/α-hetero) is 2. The Morgan fingerprint density at radius 2 is 1.59 bits per heavy atom. The van der Waals surface area contributed by atoms with Crippen LogP contribution < -0.4 is 0 Å². The van der Waals surface area contributed by atoms with Crippen molar-refractivity contribution >= 4 is 35.1 Å². The van der Waals surface area contributed by atoms with Gasteiger partial charge in [0.2, 0.25) is 5.91 Å². The predicted molar refractivity (Wildman–Crippen MR) is 188 cm³/mol. The Bertz CT molecular complexity index is 1280. The maximum absolute atomic E-state index is 14.1. The molecule has 0 radical (unpaired) electrons. The molecule has 2 N–H and O–H groups in total. The summed E-state index contributed by atoms with van der Waals surface area (Å²) in [6.07, 6.45) is -5.48. The van der Waals surface area contributed by atoms with Crippen LogP contribution in [0.3, 0.4) is 0 Å². The number of hydrogen-bond acceptors (Lipinski definition) is 13. The minimum absolute atomic E-state index is 0.109. The number of amides is 1. The van der Waals surface area contributed by atoms with Crippen LogP contribution in [-0.4, -0.2) is 125 Å². The van der Waals surface area contributed by atoms with Gasteiger partial charge in [0.1, 0.15) is 24.2 Å². The van der Waals surface area contributed by atoms with Gasteiger partial charge in [0, 0.05) is 37.8 Å². The first-order valence-electron chi connectivity index (χ1n) is 18.1. The Labute approximate surface area is 302 Å². The molecule has 1 amide bonds. The maximum Gasteiger partial charge on any atom is 0.316 e. The van der Waals surface area contributed by atoms with E-state index in [1.165, 1.54) is 41.5 Å². The van der Waals surface area contributed by atoms with Crippen molar-refractivity contribution in [2.45, 2.75) is 156 Å². The normalized spacial score (nSPS) is 39.7. The third-order valence-corrected chi connectivity index (χ3v) is 10.2. The number of carbonyl (C=O) groups is 5. The first-order valence-corrected chi connectivity index (χ1v) is 18.1. The topological polar surface area (TPSA) is 188 Å². The fraction of sp³-hybridized carbons (Fsp3) is 0.838.